The number of rotatable bonds is 4. The van der Waals surface area contributed by atoms with Crippen LogP contribution in [0.25, 0.3) is 0 Å². The van der Waals surface area contributed by atoms with Crippen LogP contribution < -0.4 is 0 Å². The van der Waals surface area contributed by atoms with E-state index in [0.717, 1.165) is 14.2 Å². The van der Waals surface area contributed by atoms with Gasteiger partial charge < -0.3 is 0 Å². The molecular formula is C2H7O6P. The Morgan fingerprint density at radius 3 is 1.78 bits per heavy atom. The molecule has 0 amide bonds. The molecule has 0 rings (SSSR count). The maximum atomic E-state index is 10.3. The molecule has 0 heterocycles. The summed E-state index contributed by atoms with van der Waals surface area (Å²) in [7, 11) is -1.99. The predicted molar refractivity (Wildman–Crippen MR) is 26.0 cm³/mol. The lowest BCUT2D eigenvalue weighted by molar-refractivity contribution is -0.255. The van der Waals surface area contributed by atoms with Gasteiger partial charge >= 0.3 is 7.82 Å². The first-order chi connectivity index (χ1) is 4.12. The van der Waals surface area contributed by atoms with Gasteiger partial charge in [-0.3, -0.25) is 4.89 Å². The quantitative estimate of drug-likeness (QED) is 0.359. The van der Waals surface area contributed by atoms with E-state index in [1.165, 1.54) is 0 Å². The summed E-state index contributed by atoms with van der Waals surface area (Å²) in [5, 5.41) is 0. The van der Waals surface area contributed by atoms with Crippen LogP contribution >= 0.6 is 7.82 Å². The summed E-state index contributed by atoms with van der Waals surface area (Å²) >= 11 is 0. The topological polar surface area (TPSA) is 74.2 Å². The Morgan fingerprint density at radius 2 is 1.56 bits per heavy atom. The molecule has 0 atom stereocenters. The Bertz CT molecular complexity index is 102. The van der Waals surface area contributed by atoms with Crippen molar-refractivity contribution in [1.29, 1.82) is 0 Å². The van der Waals surface area contributed by atoms with Gasteiger partial charge in [0.25, 0.3) is 0 Å². The molecule has 0 saturated heterocycles. The SMILES string of the molecule is COOP(=O)(O)OOC. The van der Waals surface area contributed by atoms with Crippen LogP contribution in [0.4, 0.5) is 0 Å². The van der Waals surface area contributed by atoms with Crippen LogP contribution in [0.2, 0.25) is 0 Å². The van der Waals surface area contributed by atoms with Crippen molar-refractivity contribution < 1.29 is 28.6 Å². The molecule has 0 spiro atoms. The molecule has 1 N–H and O–H groups in total. The molecular weight excluding hydrogens is 151 g/mol. The fourth-order valence-electron chi connectivity index (χ4n) is 0.201. The third-order valence-electron chi connectivity index (χ3n) is 0.337. The molecule has 0 saturated carbocycles. The summed E-state index contributed by atoms with van der Waals surface area (Å²) < 4.78 is 17.7. The molecule has 6 nitrogen and oxygen atoms in total. The van der Waals surface area contributed by atoms with Crippen molar-refractivity contribution in [3.05, 3.63) is 0 Å². The first kappa shape index (κ1) is 9.03. The predicted octanol–water partition coefficient (Wildman–Crippen LogP) is 0.243. The number of hydrogen-bond acceptors (Lipinski definition) is 5. The second kappa shape index (κ2) is 3.94. The van der Waals surface area contributed by atoms with Crippen molar-refractivity contribution in [2.75, 3.05) is 14.2 Å². The minimum absolute atomic E-state index is 1.07. The Balaban J connectivity index is 3.58. The Labute approximate surface area is 51.8 Å². The van der Waals surface area contributed by atoms with E-state index in [-0.39, 0.29) is 0 Å². The zero-order chi connectivity index (χ0) is 7.33. The van der Waals surface area contributed by atoms with E-state index in [1.807, 2.05) is 0 Å². The van der Waals surface area contributed by atoms with Gasteiger partial charge in [0.2, 0.25) is 0 Å². The monoisotopic (exact) mass is 158 g/mol. The van der Waals surface area contributed by atoms with Gasteiger partial charge in [-0.15, -0.1) is 9.35 Å². The minimum Gasteiger partial charge on any atom is -0.299 e. The average molecular weight is 158 g/mol. The molecule has 0 fully saturated rings. The van der Waals surface area contributed by atoms with Gasteiger partial charge in [0.1, 0.15) is 0 Å². The third-order valence-corrected chi connectivity index (χ3v) is 1.01. The fourth-order valence-corrected chi connectivity index (χ4v) is 0.602. The lowest BCUT2D eigenvalue weighted by Crippen LogP contribution is -1.92. The molecule has 0 aromatic carbocycles. The first-order valence-electron chi connectivity index (χ1n) is 1.90. The lowest BCUT2D eigenvalue weighted by Gasteiger charge is -2.04. The molecule has 0 aliphatic carbocycles. The minimum atomic E-state index is -4.14. The van der Waals surface area contributed by atoms with E-state index in [0.29, 0.717) is 0 Å². The highest BCUT2D eigenvalue weighted by atomic mass is 31.2. The Kier molecular flexibility index (Phi) is 3.96. The zero-order valence-electron chi connectivity index (χ0n) is 4.94. The normalized spacial score (nSPS) is 11.9. The van der Waals surface area contributed by atoms with Crippen LogP contribution in [-0.2, 0) is 23.7 Å². The van der Waals surface area contributed by atoms with Gasteiger partial charge in [0, 0.05) is 0 Å². The Hall–Kier alpha value is 0.0300. The average Bonchev–Trinajstić information content (AvgIpc) is 1.64. The first-order valence-corrected chi connectivity index (χ1v) is 3.39. The van der Waals surface area contributed by atoms with Gasteiger partial charge in [-0.2, -0.15) is 0 Å². The highest BCUT2D eigenvalue weighted by molar-refractivity contribution is 7.47. The smallest absolute Gasteiger partial charge is 0.299 e. The third kappa shape index (κ3) is 4.53. The van der Waals surface area contributed by atoms with Crippen molar-refractivity contribution in [2.24, 2.45) is 0 Å². The molecule has 0 aliphatic heterocycles. The van der Waals surface area contributed by atoms with E-state index in [2.05, 4.69) is 19.1 Å². The van der Waals surface area contributed by atoms with Crippen LogP contribution in [0.15, 0.2) is 0 Å². The van der Waals surface area contributed by atoms with Crippen LogP contribution in [0.3, 0.4) is 0 Å². The standard InChI is InChI=1S/C2H7O6P/c1-5-7-9(3,4)8-6-2/h1-2H3,(H,3,4). The van der Waals surface area contributed by atoms with Gasteiger partial charge in [0.05, 0.1) is 14.2 Å². The van der Waals surface area contributed by atoms with E-state index in [1.54, 1.807) is 0 Å². The molecule has 0 aromatic heterocycles. The Morgan fingerprint density at radius 1 is 1.22 bits per heavy atom. The second-order valence-electron chi connectivity index (χ2n) is 0.951. The summed E-state index contributed by atoms with van der Waals surface area (Å²) in [6.45, 7) is 0. The van der Waals surface area contributed by atoms with Crippen molar-refractivity contribution in [3.63, 3.8) is 0 Å². The lowest BCUT2D eigenvalue weighted by atomic mass is 11.8. The molecule has 0 radical (unpaired) electrons. The molecule has 7 heteroatoms. The fraction of sp³-hybridized carbons (Fsp3) is 1.00. The largest absolute Gasteiger partial charge is 0.526 e. The van der Waals surface area contributed by atoms with Gasteiger partial charge in [-0.05, 0) is 0 Å². The van der Waals surface area contributed by atoms with Crippen molar-refractivity contribution >= 4 is 7.82 Å². The maximum absolute atomic E-state index is 10.3. The van der Waals surface area contributed by atoms with Gasteiger partial charge in [-0.25, -0.2) is 14.3 Å². The maximum Gasteiger partial charge on any atom is 0.526 e. The summed E-state index contributed by atoms with van der Waals surface area (Å²) in [6, 6.07) is 0. The molecule has 0 aromatic rings. The van der Waals surface area contributed by atoms with Crippen molar-refractivity contribution in [3.8, 4) is 0 Å². The summed E-state index contributed by atoms with van der Waals surface area (Å²) in [4.78, 5) is 16.1. The summed E-state index contributed by atoms with van der Waals surface area (Å²) in [6.07, 6.45) is 0. The zero-order valence-corrected chi connectivity index (χ0v) is 5.83. The van der Waals surface area contributed by atoms with Gasteiger partial charge in [0.15, 0.2) is 0 Å². The number of phosphoric acid groups is 1. The second-order valence-corrected chi connectivity index (χ2v) is 2.19. The summed E-state index contributed by atoms with van der Waals surface area (Å²) in [5.74, 6) is 0. The highest BCUT2D eigenvalue weighted by Crippen LogP contribution is 2.42. The van der Waals surface area contributed by atoms with E-state index < -0.39 is 7.82 Å². The van der Waals surface area contributed by atoms with E-state index >= 15 is 0 Å². The molecule has 9 heavy (non-hydrogen) atoms. The highest BCUT2D eigenvalue weighted by Gasteiger charge is 2.22. The van der Waals surface area contributed by atoms with E-state index in [9.17, 15) is 4.57 Å². The van der Waals surface area contributed by atoms with Crippen LogP contribution in [0, 0.1) is 0 Å². The number of hydrogen-bond donors (Lipinski definition) is 1. The van der Waals surface area contributed by atoms with Crippen molar-refractivity contribution in [2.45, 2.75) is 0 Å². The molecule has 0 unspecified atom stereocenters. The van der Waals surface area contributed by atoms with Crippen molar-refractivity contribution in [1.82, 2.24) is 0 Å². The van der Waals surface area contributed by atoms with E-state index in [4.69, 9.17) is 4.89 Å². The molecule has 0 aliphatic rings. The van der Waals surface area contributed by atoms with Crippen LogP contribution in [0.5, 0.6) is 0 Å². The molecule has 56 valence electrons. The molecule has 0 bridgehead atoms. The van der Waals surface area contributed by atoms with Gasteiger partial charge in [-0.1, -0.05) is 0 Å². The summed E-state index contributed by atoms with van der Waals surface area (Å²) in [5.41, 5.74) is 0. The van der Waals surface area contributed by atoms with Crippen LogP contribution in [0.1, 0.15) is 0 Å². The van der Waals surface area contributed by atoms with Crippen LogP contribution in [-0.4, -0.2) is 19.1 Å².